The maximum Gasteiger partial charge on any atom is 0.255 e. The molecule has 1 aliphatic rings. The summed E-state index contributed by atoms with van der Waals surface area (Å²) in [6, 6.07) is 10.0. The molecule has 0 unspecified atom stereocenters. The van der Waals surface area contributed by atoms with E-state index < -0.39 is 5.91 Å². The van der Waals surface area contributed by atoms with Gasteiger partial charge in [-0.1, -0.05) is 23.7 Å². The van der Waals surface area contributed by atoms with Gasteiger partial charge in [0, 0.05) is 12.0 Å². The molecule has 0 fully saturated rings. The standard InChI is InChI=1S/C19H19ClN2O5/c20-13-10-12(11-16-18(13)27-8-3-7-25-16)19(24)22-14-4-1-2-5-15(14)26-9-6-17(21)23/h1-2,4-5,10-11H,3,6-9H2,(H2,21,23)(H,22,24). The summed E-state index contributed by atoms with van der Waals surface area (Å²) in [6.45, 7) is 1.12. The van der Waals surface area contributed by atoms with Crippen LogP contribution in [0, 0.1) is 0 Å². The van der Waals surface area contributed by atoms with Gasteiger partial charge in [-0.15, -0.1) is 0 Å². The third kappa shape index (κ3) is 4.83. The molecule has 27 heavy (non-hydrogen) atoms. The first kappa shape index (κ1) is 18.8. The Morgan fingerprint density at radius 3 is 2.78 bits per heavy atom. The molecule has 142 valence electrons. The van der Waals surface area contributed by atoms with E-state index in [-0.39, 0.29) is 18.9 Å². The molecular formula is C19H19ClN2O5. The number of para-hydroxylation sites is 2. The van der Waals surface area contributed by atoms with Gasteiger partial charge in [-0.3, -0.25) is 9.59 Å². The Hall–Kier alpha value is -2.93. The lowest BCUT2D eigenvalue weighted by molar-refractivity contribution is -0.118. The number of nitrogens with one attached hydrogen (secondary N) is 1. The van der Waals surface area contributed by atoms with Crippen LogP contribution in [0.25, 0.3) is 0 Å². The molecule has 3 rings (SSSR count). The van der Waals surface area contributed by atoms with Crippen molar-refractivity contribution in [3.8, 4) is 17.2 Å². The van der Waals surface area contributed by atoms with E-state index in [0.717, 1.165) is 6.42 Å². The molecule has 0 aliphatic carbocycles. The maximum atomic E-state index is 12.7. The SMILES string of the molecule is NC(=O)CCOc1ccccc1NC(=O)c1cc(Cl)c2c(c1)OCCCO2. The Bertz CT molecular complexity index is 856. The fourth-order valence-corrected chi connectivity index (χ4v) is 2.78. The first-order valence-corrected chi connectivity index (χ1v) is 8.83. The van der Waals surface area contributed by atoms with Crippen LogP contribution >= 0.6 is 11.6 Å². The molecule has 3 N–H and O–H groups in total. The number of rotatable bonds is 6. The minimum absolute atomic E-state index is 0.0834. The lowest BCUT2D eigenvalue weighted by Crippen LogP contribution is -2.16. The summed E-state index contributed by atoms with van der Waals surface area (Å²) >= 11 is 6.24. The molecule has 0 atom stereocenters. The predicted molar refractivity (Wildman–Crippen MR) is 101 cm³/mol. The largest absolute Gasteiger partial charge is 0.491 e. The second kappa shape index (κ2) is 8.64. The van der Waals surface area contributed by atoms with Crippen molar-refractivity contribution in [2.75, 3.05) is 25.1 Å². The van der Waals surface area contributed by atoms with Gasteiger partial charge in [-0.05, 0) is 24.3 Å². The molecule has 0 saturated carbocycles. The van der Waals surface area contributed by atoms with Gasteiger partial charge in [-0.25, -0.2) is 0 Å². The zero-order valence-corrected chi connectivity index (χ0v) is 15.3. The van der Waals surface area contributed by atoms with Crippen molar-refractivity contribution >= 4 is 29.1 Å². The highest BCUT2D eigenvalue weighted by Gasteiger charge is 2.19. The number of anilines is 1. The smallest absolute Gasteiger partial charge is 0.255 e. The Labute approximate surface area is 161 Å². The number of hydrogen-bond donors (Lipinski definition) is 2. The van der Waals surface area contributed by atoms with Gasteiger partial charge in [0.15, 0.2) is 11.5 Å². The van der Waals surface area contributed by atoms with E-state index in [9.17, 15) is 9.59 Å². The minimum atomic E-state index is -0.460. The van der Waals surface area contributed by atoms with Crippen LogP contribution in [0.5, 0.6) is 17.2 Å². The van der Waals surface area contributed by atoms with Crippen molar-refractivity contribution in [1.82, 2.24) is 0 Å². The van der Waals surface area contributed by atoms with Crippen molar-refractivity contribution in [3.63, 3.8) is 0 Å². The quantitative estimate of drug-likeness (QED) is 0.789. The third-order valence-electron chi connectivity index (χ3n) is 3.81. The van der Waals surface area contributed by atoms with Crippen LogP contribution in [0.1, 0.15) is 23.2 Å². The molecule has 0 saturated heterocycles. The molecule has 2 aromatic carbocycles. The van der Waals surface area contributed by atoms with Crippen LogP contribution in [0.3, 0.4) is 0 Å². The molecule has 1 aliphatic heterocycles. The highest BCUT2D eigenvalue weighted by atomic mass is 35.5. The Morgan fingerprint density at radius 2 is 1.96 bits per heavy atom. The highest BCUT2D eigenvalue weighted by Crippen LogP contribution is 2.38. The van der Waals surface area contributed by atoms with Gasteiger partial charge >= 0.3 is 0 Å². The summed E-state index contributed by atoms with van der Waals surface area (Å²) in [5.41, 5.74) is 5.91. The predicted octanol–water partition coefficient (Wildman–Crippen LogP) is 3.01. The number of nitrogens with two attached hydrogens (primary N) is 1. The first-order valence-electron chi connectivity index (χ1n) is 8.45. The number of amides is 2. The van der Waals surface area contributed by atoms with Crippen molar-refractivity contribution < 1.29 is 23.8 Å². The van der Waals surface area contributed by atoms with Crippen LogP contribution in [-0.4, -0.2) is 31.6 Å². The van der Waals surface area contributed by atoms with Crippen LogP contribution < -0.4 is 25.3 Å². The van der Waals surface area contributed by atoms with Gasteiger partial charge in [-0.2, -0.15) is 0 Å². The monoisotopic (exact) mass is 390 g/mol. The van der Waals surface area contributed by atoms with E-state index in [1.807, 2.05) is 0 Å². The zero-order chi connectivity index (χ0) is 19.2. The lowest BCUT2D eigenvalue weighted by atomic mass is 10.1. The molecule has 2 amide bonds. The first-order chi connectivity index (χ1) is 13.0. The van der Waals surface area contributed by atoms with E-state index in [2.05, 4.69) is 5.32 Å². The fraction of sp³-hybridized carbons (Fsp3) is 0.263. The van der Waals surface area contributed by atoms with Crippen LogP contribution in [0.4, 0.5) is 5.69 Å². The Morgan fingerprint density at radius 1 is 1.19 bits per heavy atom. The van der Waals surface area contributed by atoms with Crippen LogP contribution in [0.15, 0.2) is 36.4 Å². The molecule has 1 heterocycles. The third-order valence-corrected chi connectivity index (χ3v) is 4.09. The minimum Gasteiger partial charge on any atom is -0.491 e. The molecule has 0 radical (unpaired) electrons. The number of carbonyl (C=O) groups excluding carboxylic acids is 2. The normalized spacial score (nSPS) is 12.8. The number of ether oxygens (including phenoxy) is 3. The number of primary amides is 1. The summed E-state index contributed by atoms with van der Waals surface area (Å²) in [5.74, 6) is 0.487. The van der Waals surface area contributed by atoms with Crippen LogP contribution in [-0.2, 0) is 4.79 Å². The Balaban J connectivity index is 1.77. The average Bonchev–Trinajstić information content (AvgIpc) is 2.88. The topological polar surface area (TPSA) is 99.9 Å². The van der Waals surface area contributed by atoms with Crippen molar-refractivity contribution in [2.24, 2.45) is 5.73 Å². The summed E-state index contributed by atoms with van der Waals surface area (Å²) in [4.78, 5) is 23.5. The van der Waals surface area contributed by atoms with Gasteiger partial charge in [0.25, 0.3) is 5.91 Å². The van der Waals surface area contributed by atoms with E-state index in [4.69, 9.17) is 31.5 Å². The number of fused-ring (bicyclic) bond motifs is 1. The van der Waals surface area contributed by atoms with E-state index in [1.165, 1.54) is 6.07 Å². The summed E-state index contributed by atoms with van der Waals surface area (Å²) in [6.07, 6.45) is 0.822. The second-order valence-corrected chi connectivity index (χ2v) is 6.26. The maximum absolute atomic E-state index is 12.7. The van der Waals surface area contributed by atoms with E-state index in [0.29, 0.717) is 46.7 Å². The van der Waals surface area contributed by atoms with Gasteiger partial charge in [0.2, 0.25) is 5.91 Å². The number of carbonyl (C=O) groups is 2. The molecule has 0 spiro atoms. The summed E-state index contributed by atoms with van der Waals surface area (Å²) in [5, 5.41) is 3.09. The summed E-state index contributed by atoms with van der Waals surface area (Å²) in [7, 11) is 0. The number of benzene rings is 2. The molecule has 0 bridgehead atoms. The van der Waals surface area contributed by atoms with Crippen molar-refractivity contribution in [1.29, 1.82) is 0 Å². The molecule has 7 nitrogen and oxygen atoms in total. The van der Waals surface area contributed by atoms with Gasteiger partial charge in [0.1, 0.15) is 5.75 Å². The molecular weight excluding hydrogens is 372 g/mol. The molecule has 2 aromatic rings. The van der Waals surface area contributed by atoms with Crippen molar-refractivity contribution in [2.45, 2.75) is 12.8 Å². The molecule has 8 heteroatoms. The lowest BCUT2D eigenvalue weighted by Gasteiger charge is -2.14. The average molecular weight is 391 g/mol. The van der Waals surface area contributed by atoms with Gasteiger partial charge < -0.3 is 25.3 Å². The fourth-order valence-electron chi connectivity index (χ4n) is 2.51. The molecule has 0 aromatic heterocycles. The number of hydrogen-bond acceptors (Lipinski definition) is 5. The highest BCUT2D eigenvalue weighted by molar-refractivity contribution is 6.32. The Kier molecular flexibility index (Phi) is 6.03. The second-order valence-electron chi connectivity index (χ2n) is 5.85. The van der Waals surface area contributed by atoms with Crippen LogP contribution in [0.2, 0.25) is 5.02 Å². The number of halogens is 1. The van der Waals surface area contributed by atoms with Crippen molar-refractivity contribution in [3.05, 3.63) is 47.0 Å². The zero-order valence-electron chi connectivity index (χ0n) is 14.5. The summed E-state index contributed by atoms with van der Waals surface area (Å²) < 4.78 is 16.7. The van der Waals surface area contributed by atoms with Gasteiger partial charge in [0.05, 0.1) is 37.0 Å². The van der Waals surface area contributed by atoms with E-state index in [1.54, 1.807) is 30.3 Å². The van der Waals surface area contributed by atoms with E-state index >= 15 is 0 Å².